The summed E-state index contributed by atoms with van der Waals surface area (Å²) < 4.78 is 10.2. The molecule has 0 radical (unpaired) electrons. The summed E-state index contributed by atoms with van der Waals surface area (Å²) in [7, 11) is 3.15. The summed E-state index contributed by atoms with van der Waals surface area (Å²) in [5.41, 5.74) is 2.85. The van der Waals surface area contributed by atoms with Crippen LogP contribution >= 0.6 is 11.8 Å². The van der Waals surface area contributed by atoms with Crippen LogP contribution in [-0.4, -0.2) is 50.0 Å². The molecule has 156 valence electrons. The Morgan fingerprint density at radius 1 is 1.07 bits per heavy atom. The average molecular weight is 426 g/mol. The number of pyridine rings is 1. The van der Waals surface area contributed by atoms with E-state index >= 15 is 0 Å². The number of urea groups is 1. The van der Waals surface area contributed by atoms with Crippen molar-refractivity contribution in [1.82, 2.24) is 15.6 Å². The lowest BCUT2D eigenvalue weighted by molar-refractivity contribution is -0.117. The van der Waals surface area contributed by atoms with Crippen molar-refractivity contribution in [3.63, 3.8) is 0 Å². The highest BCUT2D eigenvalue weighted by Gasteiger charge is 2.12. The fourth-order valence-electron chi connectivity index (χ4n) is 2.85. The molecular formula is C22H23N3O4S. The maximum Gasteiger partial charge on any atom is 0.321 e. The predicted octanol–water partition coefficient (Wildman–Crippen LogP) is 3.47. The van der Waals surface area contributed by atoms with Gasteiger partial charge in [0.1, 0.15) is 5.75 Å². The lowest BCUT2D eigenvalue weighted by atomic mass is 10.0. The summed E-state index contributed by atoms with van der Waals surface area (Å²) >= 11 is 1.27. The SMILES string of the molecule is COCCNC(=O)NC(=O)CSc1cc(-c2ccccc2)c2ccc(OC)cc2n1. The van der Waals surface area contributed by atoms with Crippen LogP contribution in [-0.2, 0) is 9.53 Å². The van der Waals surface area contributed by atoms with Gasteiger partial charge in [-0.3, -0.25) is 10.1 Å². The third-order valence-corrected chi connectivity index (χ3v) is 5.19. The minimum absolute atomic E-state index is 0.0639. The van der Waals surface area contributed by atoms with Crippen LogP contribution in [0.25, 0.3) is 22.0 Å². The van der Waals surface area contributed by atoms with Gasteiger partial charge in [-0.15, -0.1) is 0 Å². The highest BCUT2D eigenvalue weighted by Crippen LogP contribution is 2.33. The van der Waals surface area contributed by atoms with E-state index in [0.717, 1.165) is 22.0 Å². The van der Waals surface area contributed by atoms with Gasteiger partial charge in [0, 0.05) is 25.1 Å². The number of carbonyl (C=O) groups is 2. The molecule has 7 nitrogen and oxygen atoms in total. The van der Waals surface area contributed by atoms with Crippen molar-refractivity contribution in [2.24, 2.45) is 0 Å². The molecule has 0 unspecified atom stereocenters. The summed E-state index contributed by atoms with van der Waals surface area (Å²) in [4.78, 5) is 28.5. The zero-order chi connectivity index (χ0) is 21.3. The number of amides is 3. The molecule has 0 fully saturated rings. The van der Waals surface area contributed by atoms with Crippen LogP contribution in [0.15, 0.2) is 59.6 Å². The second-order valence-corrected chi connectivity index (χ2v) is 7.34. The van der Waals surface area contributed by atoms with E-state index in [4.69, 9.17) is 9.47 Å². The highest BCUT2D eigenvalue weighted by atomic mass is 32.2. The van der Waals surface area contributed by atoms with E-state index in [0.29, 0.717) is 23.9 Å². The molecule has 2 aromatic carbocycles. The molecule has 0 bridgehead atoms. The molecule has 30 heavy (non-hydrogen) atoms. The van der Waals surface area contributed by atoms with Gasteiger partial charge in [0.15, 0.2) is 0 Å². The Morgan fingerprint density at radius 3 is 2.60 bits per heavy atom. The van der Waals surface area contributed by atoms with Crippen molar-refractivity contribution in [3.8, 4) is 16.9 Å². The van der Waals surface area contributed by atoms with E-state index in [1.54, 1.807) is 7.11 Å². The molecule has 3 rings (SSSR count). The Hall–Kier alpha value is -3.10. The Morgan fingerprint density at radius 2 is 1.87 bits per heavy atom. The Labute approximate surface area is 179 Å². The molecule has 0 aliphatic heterocycles. The second-order valence-electron chi connectivity index (χ2n) is 6.34. The molecule has 3 amide bonds. The monoisotopic (exact) mass is 425 g/mol. The van der Waals surface area contributed by atoms with Gasteiger partial charge in [0.25, 0.3) is 0 Å². The van der Waals surface area contributed by atoms with Gasteiger partial charge in [-0.05, 0) is 29.3 Å². The van der Waals surface area contributed by atoms with Gasteiger partial charge < -0.3 is 14.8 Å². The topological polar surface area (TPSA) is 89.6 Å². The highest BCUT2D eigenvalue weighted by molar-refractivity contribution is 7.99. The first-order valence-electron chi connectivity index (χ1n) is 9.34. The number of imide groups is 1. The molecule has 0 saturated carbocycles. The number of nitrogens with one attached hydrogen (secondary N) is 2. The van der Waals surface area contributed by atoms with E-state index in [9.17, 15) is 9.59 Å². The molecule has 0 aliphatic carbocycles. The largest absolute Gasteiger partial charge is 0.497 e. The Balaban J connectivity index is 1.78. The smallest absolute Gasteiger partial charge is 0.321 e. The van der Waals surface area contributed by atoms with E-state index in [1.807, 2.05) is 54.6 Å². The van der Waals surface area contributed by atoms with Crippen LogP contribution in [0.4, 0.5) is 4.79 Å². The summed E-state index contributed by atoms with van der Waals surface area (Å²) in [6.07, 6.45) is 0. The minimum Gasteiger partial charge on any atom is -0.497 e. The number of fused-ring (bicyclic) bond motifs is 1. The number of benzene rings is 2. The van der Waals surface area contributed by atoms with Gasteiger partial charge in [0.05, 0.1) is 30.0 Å². The summed E-state index contributed by atoms with van der Waals surface area (Å²) in [5, 5.41) is 6.52. The minimum atomic E-state index is -0.543. The maximum absolute atomic E-state index is 12.1. The van der Waals surface area contributed by atoms with Gasteiger partial charge in [-0.2, -0.15) is 0 Å². The zero-order valence-corrected chi connectivity index (χ0v) is 17.6. The first-order valence-corrected chi connectivity index (χ1v) is 10.3. The van der Waals surface area contributed by atoms with Crippen LogP contribution in [0.3, 0.4) is 0 Å². The van der Waals surface area contributed by atoms with Crippen molar-refractivity contribution < 1.29 is 19.1 Å². The van der Waals surface area contributed by atoms with Crippen molar-refractivity contribution in [3.05, 3.63) is 54.6 Å². The number of methoxy groups -OCH3 is 2. The van der Waals surface area contributed by atoms with Crippen LogP contribution in [0.2, 0.25) is 0 Å². The van der Waals surface area contributed by atoms with Crippen LogP contribution in [0, 0.1) is 0 Å². The van der Waals surface area contributed by atoms with Crippen molar-refractivity contribution in [1.29, 1.82) is 0 Å². The quantitative estimate of drug-likeness (QED) is 0.424. The summed E-state index contributed by atoms with van der Waals surface area (Å²) in [6.45, 7) is 0.709. The lowest BCUT2D eigenvalue weighted by Gasteiger charge is -2.11. The van der Waals surface area contributed by atoms with Gasteiger partial charge in [0.2, 0.25) is 5.91 Å². The number of rotatable bonds is 8. The predicted molar refractivity (Wildman–Crippen MR) is 118 cm³/mol. The first-order chi connectivity index (χ1) is 14.6. The molecule has 0 spiro atoms. The molecule has 0 aliphatic rings. The summed E-state index contributed by atoms with van der Waals surface area (Å²) in [6, 6.07) is 17.2. The third kappa shape index (κ3) is 5.71. The molecular weight excluding hydrogens is 402 g/mol. The molecule has 0 atom stereocenters. The number of aromatic nitrogens is 1. The van der Waals surface area contributed by atoms with Gasteiger partial charge in [-0.25, -0.2) is 9.78 Å². The molecule has 1 aromatic heterocycles. The van der Waals surface area contributed by atoms with Crippen LogP contribution in [0.5, 0.6) is 5.75 Å². The van der Waals surface area contributed by atoms with Gasteiger partial charge in [-0.1, -0.05) is 42.1 Å². The Kier molecular flexibility index (Phi) is 7.64. The van der Waals surface area contributed by atoms with E-state index in [-0.39, 0.29) is 5.75 Å². The number of hydrogen-bond donors (Lipinski definition) is 2. The standard InChI is InChI=1S/C22H23N3O4S/c1-28-11-10-23-22(27)25-20(26)14-30-21-13-18(15-6-4-3-5-7-15)17-9-8-16(29-2)12-19(17)24-21/h3-9,12-13H,10-11,14H2,1-2H3,(H2,23,25,26,27). The fraction of sp³-hybridized carbons (Fsp3) is 0.227. The van der Waals surface area contributed by atoms with E-state index < -0.39 is 11.9 Å². The normalized spacial score (nSPS) is 10.6. The van der Waals surface area contributed by atoms with Crippen LogP contribution in [0.1, 0.15) is 0 Å². The zero-order valence-electron chi connectivity index (χ0n) is 16.8. The van der Waals surface area contributed by atoms with Crippen LogP contribution < -0.4 is 15.4 Å². The molecule has 1 heterocycles. The van der Waals surface area contributed by atoms with Crippen molar-refractivity contribution in [2.75, 3.05) is 33.1 Å². The average Bonchev–Trinajstić information content (AvgIpc) is 2.77. The fourth-order valence-corrected chi connectivity index (χ4v) is 3.57. The maximum atomic E-state index is 12.1. The second kappa shape index (κ2) is 10.6. The van der Waals surface area contributed by atoms with Crippen molar-refractivity contribution >= 4 is 34.6 Å². The number of ether oxygens (including phenoxy) is 2. The molecule has 3 aromatic rings. The molecule has 8 heteroatoms. The van der Waals surface area contributed by atoms with E-state index in [2.05, 4.69) is 15.6 Å². The number of hydrogen-bond acceptors (Lipinski definition) is 6. The van der Waals surface area contributed by atoms with Gasteiger partial charge >= 0.3 is 6.03 Å². The Bertz CT molecular complexity index is 1030. The number of carbonyl (C=O) groups excluding carboxylic acids is 2. The molecule has 0 saturated heterocycles. The number of nitrogens with zero attached hydrogens (tertiary/aromatic N) is 1. The van der Waals surface area contributed by atoms with E-state index in [1.165, 1.54) is 18.9 Å². The van der Waals surface area contributed by atoms with Crippen molar-refractivity contribution in [2.45, 2.75) is 5.03 Å². The first kappa shape index (κ1) is 21.6. The lowest BCUT2D eigenvalue weighted by Crippen LogP contribution is -2.41. The molecule has 2 N–H and O–H groups in total. The number of thioether (sulfide) groups is 1. The third-order valence-electron chi connectivity index (χ3n) is 4.27. The summed E-state index contributed by atoms with van der Waals surface area (Å²) in [5.74, 6) is 0.374.